The van der Waals surface area contributed by atoms with Gasteiger partial charge in [0.2, 0.25) is 5.91 Å². The summed E-state index contributed by atoms with van der Waals surface area (Å²) in [5.74, 6) is -1.66. The van der Waals surface area contributed by atoms with E-state index in [-0.39, 0.29) is 11.1 Å². The van der Waals surface area contributed by atoms with Gasteiger partial charge in [-0.1, -0.05) is 62.3 Å². The molecule has 1 aromatic carbocycles. The van der Waals surface area contributed by atoms with Crippen LogP contribution in [0.5, 0.6) is 0 Å². The Kier molecular flexibility index (Phi) is 8.94. The van der Waals surface area contributed by atoms with Gasteiger partial charge in [0.25, 0.3) is 0 Å². The van der Waals surface area contributed by atoms with E-state index in [1.807, 2.05) is 25.2 Å². The van der Waals surface area contributed by atoms with Crippen LogP contribution in [-0.2, 0) is 4.79 Å². The monoisotopic (exact) mass is 439 g/mol. The number of hydrogen-bond donors (Lipinski definition) is 1. The van der Waals surface area contributed by atoms with E-state index in [9.17, 15) is 13.6 Å². The van der Waals surface area contributed by atoms with Gasteiger partial charge in [0, 0.05) is 17.8 Å². The molecule has 0 fully saturated rings. The molecule has 0 heterocycles. The van der Waals surface area contributed by atoms with E-state index >= 15 is 0 Å². The predicted octanol–water partition coefficient (Wildman–Crippen LogP) is 8.07. The third-order valence-electron chi connectivity index (χ3n) is 6.15. The molecule has 1 aliphatic carbocycles. The van der Waals surface area contributed by atoms with E-state index < -0.39 is 17.5 Å². The summed E-state index contributed by atoms with van der Waals surface area (Å²) in [4.78, 5) is 12.1. The number of amides is 1. The second-order valence-corrected chi connectivity index (χ2v) is 9.23. The quantitative estimate of drug-likeness (QED) is 0.338. The van der Waals surface area contributed by atoms with Crippen molar-refractivity contribution in [3.63, 3.8) is 0 Å². The van der Waals surface area contributed by atoms with Gasteiger partial charge in [-0.25, -0.2) is 8.78 Å². The van der Waals surface area contributed by atoms with Crippen LogP contribution in [-0.4, -0.2) is 5.91 Å². The molecule has 0 saturated carbocycles. The first-order valence-electron chi connectivity index (χ1n) is 11.2. The maximum Gasteiger partial charge on any atom is 0.248 e. The molecule has 1 N–H and O–H groups in total. The Morgan fingerprint density at radius 3 is 2.53 bits per heavy atom. The van der Waals surface area contributed by atoms with Crippen LogP contribution in [0.3, 0.4) is 0 Å². The van der Waals surface area contributed by atoms with Gasteiger partial charge in [-0.3, -0.25) is 4.79 Å². The molecule has 1 aromatic rings. The molecule has 0 bridgehead atoms. The lowest BCUT2D eigenvalue weighted by atomic mass is 9.68. The van der Waals surface area contributed by atoms with Crippen LogP contribution in [0.2, 0.25) is 0 Å². The second-order valence-electron chi connectivity index (χ2n) is 9.23. The summed E-state index contributed by atoms with van der Waals surface area (Å²) < 4.78 is 26.2. The molecule has 0 aromatic heterocycles. The highest BCUT2D eigenvalue weighted by Gasteiger charge is 2.30. The van der Waals surface area contributed by atoms with Crippen molar-refractivity contribution in [2.45, 2.75) is 60.8 Å². The van der Waals surface area contributed by atoms with E-state index in [1.54, 1.807) is 0 Å². The van der Waals surface area contributed by atoms with Crippen molar-refractivity contribution in [1.82, 2.24) is 0 Å². The summed E-state index contributed by atoms with van der Waals surface area (Å²) in [5, 5.41) is 2.53. The molecule has 4 heteroatoms. The highest BCUT2D eigenvalue weighted by molar-refractivity contribution is 5.99. The van der Waals surface area contributed by atoms with Crippen LogP contribution in [0, 0.1) is 23.0 Å². The molecule has 1 amide bonds. The van der Waals surface area contributed by atoms with Crippen molar-refractivity contribution >= 4 is 11.6 Å². The maximum absolute atomic E-state index is 13.2. The van der Waals surface area contributed by atoms with Crippen molar-refractivity contribution in [3.05, 3.63) is 88.6 Å². The van der Waals surface area contributed by atoms with Gasteiger partial charge in [0.05, 0.1) is 0 Å². The summed E-state index contributed by atoms with van der Waals surface area (Å²) in [5.41, 5.74) is 5.23. The lowest BCUT2D eigenvalue weighted by molar-refractivity contribution is -0.111. The third-order valence-corrected chi connectivity index (χ3v) is 6.15. The summed E-state index contributed by atoms with van der Waals surface area (Å²) in [7, 11) is 0. The molecule has 32 heavy (non-hydrogen) atoms. The van der Waals surface area contributed by atoms with Crippen LogP contribution < -0.4 is 5.32 Å². The first-order valence-corrected chi connectivity index (χ1v) is 11.2. The Morgan fingerprint density at radius 1 is 1.16 bits per heavy atom. The molecule has 172 valence electrons. The minimum Gasteiger partial charge on any atom is -0.322 e. The standard InChI is InChI=1S/C28H35F2NO/c1-7-22-15-16-28(5,6)24(21(22)4)13-11-19(2)9-8-10-20(3)17-27(32)31-23-12-14-25(29)26(30)18-23/h8-14,17-18,22H,7,15-16H2,1-6H3,(H,31,32)/b10-8+,13-11+,19-9+,20-17+. The lowest BCUT2D eigenvalue weighted by Gasteiger charge is -2.37. The van der Waals surface area contributed by atoms with Crippen LogP contribution in [0.4, 0.5) is 14.5 Å². The van der Waals surface area contributed by atoms with E-state index in [2.05, 4.69) is 52.1 Å². The summed E-state index contributed by atoms with van der Waals surface area (Å²) >= 11 is 0. The number of benzene rings is 1. The van der Waals surface area contributed by atoms with E-state index in [1.165, 1.54) is 42.6 Å². The first kappa shape index (κ1) is 25.5. The van der Waals surface area contributed by atoms with E-state index in [0.29, 0.717) is 5.92 Å². The van der Waals surface area contributed by atoms with Crippen LogP contribution >= 0.6 is 0 Å². The average molecular weight is 440 g/mol. The highest BCUT2D eigenvalue weighted by atomic mass is 19.2. The number of carbonyl (C=O) groups is 1. The van der Waals surface area contributed by atoms with Crippen molar-refractivity contribution in [2.24, 2.45) is 11.3 Å². The molecule has 0 saturated heterocycles. The Balaban J connectivity index is 2.02. The molecule has 1 unspecified atom stereocenters. The third kappa shape index (κ3) is 7.15. The molecule has 0 aliphatic heterocycles. The number of anilines is 1. The van der Waals surface area contributed by atoms with Crippen molar-refractivity contribution in [1.29, 1.82) is 0 Å². The van der Waals surface area contributed by atoms with Crippen molar-refractivity contribution in [2.75, 3.05) is 5.32 Å². The Hall–Kier alpha value is -2.75. The number of allylic oxidation sites excluding steroid dienone is 9. The van der Waals surface area contributed by atoms with E-state index in [4.69, 9.17) is 0 Å². The van der Waals surface area contributed by atoms with Gasteiger partial charge in [0.1, 0.15) is 0 Å². The summed E-state index contributed by atoms with van der Waals surface area (Å²) in [6.45, 7) is 13.0. The fraction of sp³-hybridized carbons (Fsp3) is 0.393. The molecular weight excluding hydrogens is 404 g/mol. The highest BCUT2D eigenvalue weighted by Crippen LogP contribution is 2.44. The largest absolute Gasteiger partial charge is 0.322 e. The SMILES string of the molecule is CCC1CCC(C)(C)C(/C=C/C(C)=C/C=C/C(C)=C/C(=O)Nc2ccc(F)c(F)c2)=C1C. The molecular formula is C28H35F2NO. The van der Waals surface area contributed by atoms with Crippen LogP contribution in [0.25, 0.3) is 0 Å². The van der Waals surface area contributed by atoms with E-state index in [0.717, 1.165) is 23.3 Å². The number of rotatable bonds is 7. The first-order chi connectivity index (χ1) is 15.0. The smallest absolute Gasteiger partial charge is 0.248 e. The number of hydrogen-bond acceptors (Lipinski definition) is 1. The lowest BCUT2D eigenvalue weighted by Crippen LogP contribution is -2.24. The molecule has 2 rings (SSSR count). The van der Waals surface area contributed by atoms with Crippen molar-refractivity contribution in [3.8, 4) is 0 Å². The van der Waals surface area contributed by atoms with Gasteiger partial charge in [-0.05, 0) is 74.6 Å². The minimum absolute atomic E-state index is 0.197. The number of nitrogens with one attached hydrogen (secondary N) is 1. The van der Waals surface area contributed by atoms with Gasteiger partial charge >= 0.3 is 0 Å². The Morgan fingerprint density at radius 2 is 1.88 bits per heavy atom. The average Bonchev–Trinajstić information content (AvgIpc) is 2.70. The van der Waals surface area contributed by atoms with Gasteiger partial charge in [0.15, 0.2) is 11.6 Å². The number of halogens is 2. The molecule has 1 aliphatic rings. The summed E-state index contributed by atoms with van der Waals surface area (Å²) in [6.07, 6.45) is 15.2. The molecule has 2 nitrogen and oxygen atoms in total. The zero-order valence-electron chi connectivity index (χ0n) is 20.1. The molecule has 0 spiro atoms. The fourth-order valence-electron chi connectivity index (χ4n) is 4.14. The molecule has 0 radical (unpaired) electrons. The van der Waals surface area contributed by atoms with Gasteiger partial charge in [-0.15, -0.1) is 0 Å². The minimum atomic E-state index is -0.996. The molecule has 1 atom stereocenters. The zero-order chi connectivity index (χ0) is 23.9. The number of carbonyl (C=O) groups excluding carboxylic acids is 1. The maximum atomic E-state index is 13.2. The van der Waals surface area contributed by atoms with Gasteiger partial charge < -0.3 is 5.32 Å². The Bertz CT molecular complexity index is 993. The van der Waals surface area contributed by atoms with Gasteiger partial charge in [-0.2, -0.15) is 0 Å². The second kappa shape index (κ2) is 11.2. The predicted molar refractivity (Wildman–Crippen MR) is 130 cm³/mol. The normalized spacial score (nSPS) is 19.8. The topological polar surface area (TPSA) is 29.1 Å². The fourth-order valence-corrected chi connectivity index (χ4v) is 4.14. The zero-order valence-corrected chi connectivity index (χ0v) is 20.1. The Labute approximate surface area is 191 Å². The van der Waals surface area contributed by atoms with Crippen LogP contribution in [0.1, 0.15) is 60.8 Å². The van der Waals surface area contributed by atoms with Crippen LogP contribution in [0.15, 0.2) is 76.9 Å². The van der Waals surface area contributed by atoms with Crippen molar-refractivity contribution < 1.29 is 13.6 Å². The summed E-state index contributed by atoms with van der Waals surface area (Å²) in [6, 6.07) is 3.26.